The van der Waals surface area contributed by atoms with Crippen LogP contribution in [0.2, 0.25) is 0 Å². The topological polar surface area (TPSA) is 55.9 Å². The number of benzene rings is 1. The van der Waals surface area contributed by atoms with Crippen LogP contribution in [0.15, 0.2) is 59.7 Å². The van der Waals surface area contributed by atoms with Crippen molar-refractivity contribution in [2.75, 3.05) is 5.32 Å². The number of hydrogen-bond donors (Lipinski definition) is 1. The summed E-state index contributed by atoms with van der Waals surface area (Å²) in [5, 5.41) is 11.3. The molecule has 1 N–H and O–H groups in total. The monoisotopic (exact) mass is 254 g/mol. The summed E-state index contributed by atoms with van der Waals surface area (Å²) >= 11 is 0. The number of nitrogens with one attached hydrogen (secondary N) is 1. The first-order valence-electron chi connectivity index (χ1n) is 6.09. The summed E-state index contributed by atoms with van der Waals surface area (Å²) in [4.78, 5) is 0. The van der Waals surface area contributed by atoms with Crippen LogP contribution in [0.1, 0.15) is 18.5 Å². The molecule has 96 valence electrons. The van der Waals surface area contributed by atoms with E-state index >= 15 is 0 Å². The van der Waals surface area contributed by atoms with Gasteiger partial charge in [-0.25, -0.2) is 4.68 Å². The number of rotatable bonds is 4. The quantitative estimate of drug-likeness (QED) is 0.777. The van der Waals surface area contributed by atoms with Gasteiger partial charge in [-0.1, -0.05) is 17.3 Å². The summed E-state index contributed by atoms with van der Waals surface area (Å²) in [6.45, 7) is 2.09. The molecule has 1 atom stereocenters. The fourth-order valence-corrected chi connectivity index (χ4v) is 1.97. The molecule has 1 aromatic carbocycles. The van der Waals surface area contributed by atoms with Crippen molar-refractivity contribution in [3.63, 3.8) is 0 Å². The van der Waals surface area contributed by atoms with E-state index in [9.17, 15) is 0 Å². The molecule has 0 radical (unpaired) electrons. The minimum Gasteiger partial charge on any atom is -0.472 e. The lowest BCUT2D eigenvalue weighted by atomic mass is 10.1. The third kappa shape index (κ3) is 2.35. The summed E-state index contributed by atoms with van der Waals surface area (Å²) in [5.41, 5.74) is 3.07. The SMILES string of the molecule is CC(Nc1ccccc1-n1ccnn1)c1ccoc1. The number of anilines is 1. The molecule has 0 amide bonds. The summed E-state index contributed by atoms with van der Waals surface area (Å²) in [6, 6.07) is 10.1. The van der Waals surface area contributed by atoms with E-state index in [0.29, 0.717) is 0 Å². The van der Waals surface area contributed by atoms with E-state index in [1.165, 1.54) is 0 Å². The zero-order chi connectivity index (χ0) is 13.1. The Morgan fingerprint density at radius 3 is 2.89 bits per heavy atom. The highest BCUT2D eigenvalue weighted by Crippen LogP contribution is 2.24. The van der Waals surface area contributed by atoms with E-state index in [0.717, 1.165) is 16.9 Å². The predicted molar refractivity (Wildman–Crippen MR) is 72.1 cm³/mol. The molecule has 3 aromatic rings. The fraction of sp³-hybridized carbons (Fsp3) is 0.143. The Hall–Kier alpha value is -2.56. The zero-order valence-electron chi connectivity index (χ0n) is 10.5. The molecule has 0 aliphatic carbocycles. The van der Waals surface area contributed by atoms with Gasteiger partial charge in [0.05, 0.1) is 42.3 Å². The first-order valence-corrected chi connectivity index (χ1v) is 6.09. The second-order valence-electron chi connectivity index (χ2n) is 4.29. The van der Waals surface area contributed by atoms with Crippen LogP contribution in [-0.4, -0.2) is 15.0 Å². The molecule has 0 aliphatic heterocycles. The van der Waals surface area contributed by atoms with Crippen LogP contribution < -0.4 is 5.32 Å². The number of aromatic nitrogens is 3. The Bertz CT molecular complexity index is 631. The van der Waals surface area contributed by atoms with E-state index < -0.39 is 0 Å². The first-order chi connectivity index (χ1) is 9.34. The van der Waals surface area contributed by atoms with E-state index in [-0.39, 0.29) is 6.04 Å². The lowest BCUT2D eigenvalue weighted by Crippen LogP contribution is -2.09. The number of para-hydroxylation sites is 2. The van der Waals surface area contributed by atoms with Gasteiger partial charge in [0.25, 0.3) is 0 Å². The van der Waals surface area contributed by atoms with Crippen molar-refractivity contribution in [2.24, 2.45) is 0 Å². The van der Waals surface area contributed by atoms with Gasteiger partial charge >= 0.3 is 0 Å². The van der Waals surface area contributed by atoms with Gasteiger partial charge in [0.2, 0.25) is 0 Å². The molecule has 3 rings (SSSR count). The fourth-order valence-electron chi connectivity index (χ4n) is 1.97. The Balaban J connectivity index is 1.89. The zero-order valence-corrected chi connectivity index (χ0v) is 10.5. The highest BCUT2D eigenvalue weighted by Gasteiger charge is 2.10. The van der Waals surface area contributed by atoms with Crippen LogP contribution in [0.3, 0.4) is 0 Å². The molecule has 0 aliphatic rings. The molecule has 5 nitrogen and oxygen atoms in total. The summed E-state index contributed by atoms with van der Waals surface area (Å²) < 4.78 is 6.85. The van der Waals surface area contributed by atoms with Gasteiger partial charge in [0.1, 0.15) is 0 Å². The van der Waals surface area contributed by atoms with Gasteiger partial charge in [0, 0.05) is 5.56 Å². The molecular weight excluding hydrogens is 240 g/mol. The van der Waals surface area contributed by atoms with Gasteiger partial charge in [0.15, 0.2) is 0 Å². The average Bonchev–Trinajstić information content (AvgIpc) is 3.13. The minimum atomic E-state index is 0.156. The van der Waals surface area contributed by atoms with Gasteiger partial charge in [-0.15, -0.1) is 5.10 Å². The number of hydrogen-bond acceptors (Lipinski definition) is 4. The van der Waals surface area contributed by atoms with Crippen molar-refractivity contribution in [1.82, 2.24) is 15.0 Å². The van der Waals surface area contributed by atoms with E-state index in [1.807, 2.05) is 36.5 Å². The highest BCUT2D eigenvalue weighted by atomic mass is 16.3. The summed E-state index contributed by atoms with van der Waals surface area (Å²) in [5.74, 6) is 0. The van der Waals surface area contributed by atoms with Crippen LogP contribution in [0.5, 0.6) is 0 Å². The van der Waals surface area contributed by atoms with Crippen molar-refractivity contribution >= 4 is 5.69 Å². The molecule has 0 fully saturated rings. The smallest absolute Gasteiger partial charge is 0.0955 e. The van der Waals surface area contributed by atoms with Crippen LogP contribution in [-0.2, 0) is 0 Å². The molecule has 0 spiro atoms. The standard InChI is InChI=1S/C14H14N4O/c1-11(12-6-9-19-10-12)16-13-4-2-3-5-14(13)18-8-7-15-17-18/h2-11,16H,1H3. The Morgan fingerprint density at radius 2 is 2.16 bits per heavy atom. The van der Waals surface area contributed by atoms with Gasteiger partial charge in [-0.2, -0.15) is 0 Å². The van der Waals surface area contributed by atoms with Crippen molar-refractivity contribution in [3.8, 4) is 5.69 Å². The van der Waals surface area contributed by atoms with Gasteiger partial charge in [-0.05, 0) is 25.1 Å². The Morgan fingerprint density at radius 1 is 1.26 bits per heavy atom. The predicted octanol–water partition coefficient (Wildman–Crippen LogP) is 3.03. The summed E-state index contributed by atoms with van der Waals surface area (Å²) in [7, 11) is 0. The minimum absolute atomic E-state index is 0.156. The molecule has 5 heteroatoms. The van der Waals surface area contributed by atoms with Crippen LogP contribution >= 0.6 is 0 Å². The first kappa shape index (κ1) is 11.5. The average molecular weight is 254 g/mol. The summed E-state index contributed by atoms with van der Waals surface area (Å²) in [6.07, 6.45) is 6.91. The van der Waals surface area contributed by atoms with Crippen molar-refractivity contribution in [3.05, 3.63) is 60.8 Å². The van der Waals surface area contributed by atoms with E-state index in [1.54, 1.807) is 23.4 Å². The molecule has 0 saturated heterocycles. The van der Waals surface area contributed by atoms with Crippen molar-refractivity contribution in [2.45, 2.75) is 13.0 Å². The number of furan rings is 1. The van der Waals surface area contributed by atoms with Crippen LogP contribution in [0, 0.1) is 0 Å². The largest absolute Gasteiger partial charge is 0.472 e. The molecule has 2 heterocycles. The van der Waals surface area contributed by atoms with Gasteiger partial charge in [-0.3, -0.25) is 0 Å². The van der Waals surface area contributed by atoms with Crippen molar-refractivity contribution in [1.29, 1.82) is 0 Å². The van der Waals surface area contributed by atoms with Crippen molar-refractivity contribution < 1.29 is 4.42 Å². The maximum Gasteiger partial charge on any atom is 0.0955 e. The third-order valence-corrected chi connectivity index (χ3v) is 2.99. The van der Waals surface area contributed by atoms with E-state index in [2.05, 4.69) is 22.6 Å². The maximum absolute atomic E-state index is 5.11. The lowest BCUT2D eigenvalue weighted by molar-refractivity contribution is 0.562. The molecule has 1 unspecified atom stereocenters. The van der Waals surface area contributed by atoms with Gasteiger partial charge < -0.3 is 9.73 Å². The molecule has 0 saturated carbocycles. The normalized spacial score (nSPS) is 12.3. The second-order valence-corrected chi connectivity index (χ2v) is 4.29. The Labute approximate surface area is 110 Å². The molecule has 2 aromatic heterocycles. The Kier molecular flexibility index (Phi) is 3.02. The maximum atomic E-state index is 5.11. The van der Waals surface area contributed by atoms with Crippen LogP contribution in [0.4, 0.5) is 5.69 Å². The molecule has 0 bridgehead atoms. The third-order valence-electron chi connectivity index (χ3n) is 2.99. The van der Waals surface area contributed by atoms with E-state index in [4.69, 9.17) is 4.42 Å². The number of nitrogens with zero attached hydrogens (tertiary/aromatic N) is 3. The second kappa shape index (κ2) is 4.97. The van der Waals surface area contributed by atoms with Crippen LogP contribution in [0.25, 0.3) is 5.69 Å². The highest BCUT2D eigenvalue weighted by molar-refractivity contribution is 5.61. The lowest BCUT2D eigenvalue weighted by Gasteiger charge is -2.16. The molecular formula is C14H14N4O. The molecule has 19 heavy (non-hydrogen) atoms.